The monoisotopic (exact) mass is 688 g/mol. The van der Waals surface area contributed by atoms with Gasteiger partial charge >= 0.3 is 0 Å². The minimum Gasteiger partial charge on any atom is -0.272 e. The van der Waals surface area contributed by atoms with Gasteiger partial charge in [0.25, 0.3) is 17.7 Å². The molecule has 1 saturated heterocycles. The van der Waals surface area contributed by atoms with Crippen LogP contribution in [0.1, 0.15) is 15.9 Å². The number of hydrazine groups is 1. The highest BCUT2D eigenvalue weighted by Crippen LogP contribution is 2.77. The minimum atomic E-state index is -2.08. The van der Waals surface area contributed by atoms with Crippen molar-refractivity contribution in [2.75, 3.05) is 0 Å². The van der Waals surface area contributed by atoms with Gasteiger partial charge in [-0.1, -0.05) is 98.2 Å². The van der Waals surface area contributed by atoms with Gasteiger partial charge in [-0.3, -0.25) is 14.4 Å². The maximum absolute atomic E-state index is 13.9. The van der Waals surface area contributed by atoms with E-state index in [1.54, 1.807) is 36.4 Å². The molecule has 0 spiro atoms. The Hall–Kier alpha value is -0.700. The summed E-state index contributed by atoms with van der Waals surface area (Å²) in [4.78, 5) is 37.5. The van der Waals surface area contributed by atoms with Gasteiger partial charge in [0.2, 0.25) is 0 Å². The molecule has 1 saturated carbocycles. The molecule has 0 radical (unpaired) electrons. The Morgan fingerprint density at radius 3 is 1.86 bits per heavy atom. The van der Waals surface area contributed by atoms with Crippen molar-refractivity contribution in [3.8, 4) is 0 Å². The van der Waals surface area contributed by atoms with Crippen molar-refractivity contribution >= 4 is 115 Å². The smallest absolute Gasteiger partial charge is 0.272 e. The highest BCUT2D eigenvalue weighted by molar-refractivity contribution is 9.10. The Kier molecular flexibility index (Phi) is 6.66. The Bertz CT molecular complexity index is 1320. The number of imide groups is 1. The number of carbonyl (C=O) groups is 3. The van der Waals surface area contributed by atoms with E-state index in [4.69, 9.17) is 81.2 Å². The van der Waals surface area contributed by atoms with Gasteiger partial charge in [0.1, 0.15) is 9.75 Å². The number of halogens is 8. The first-order valence-electron chi connectivity index (χ1n) is 10.3. The standard InChI is InChI=1S/C23H12BrCl7N2O3/c24-11-7-5-10(6-8-11)9-32(18(34)12-3-1-2-4-13(12)25)33-19(35)14-15(20(33)36)22(29)17(27)16(26)21(14,28)23(22,30)31/h1-8,14-15H,9H2/t14-,15-,21+,22+/m0/s1. The topological polar surface area (TPSA) is 57.7 Å². The summed E-state index contributed by atoms with van der Waals surface area (Å²) in [6, 6.07) is 13.3. The fourth-order valence-electron chi connectivity index (χ4n) is 4.99. The van der Waals surface area contributed by atoms with Gasteiger partial charge in [-0.05, 0) is 29.8 Å². The molecule has 36 heavy (non-hydrogen) atoms. The first kappa shape index (κ1) is 26.9. The van der Waals surface area contributed by atoms with Crippen molar-refractivity contribution in [3.63, 3.8) is 0 Å². The predicted molar refractivity (Wildman–Crippen MR) is 145 cm³/mol. The molecule has 3 amide bonds. The van der Waals surface area contributed by atoms with Gasteiger partial charge in [0.05, 0.1) is 39.0 Å². The number of alkyl halides is 4. The fraction of sp³-hybridized carbons (Fsp3) is 0.261. The first-order chi connectivity index (χ1) is 16.8. The van der Waals surface area contributed by atoms with Crippen molar-refractivity contribution in [1.29, 1.82) is 0 Å². The van der Waals surface area contributed by atoms with Crippen molar-refractivity contribution < 1.29 is 14.4 Å². The van der Waals surface area contributed by atoms with Crippen LogP contribution in [-0.4, -0.2) is 41.8 Å². The van der Waals surface area contributed by atoms with E-state index < -0.39 is 43.6 Å². The Morgan fingerprint density at radius 2 is 1.36 bits per heavy atom. The average Bonchev–Trinajstić information content (AvgIpc) is 3.22. The Morgan fingerprint density at radius 1 is 0.861 bits per heavy atom. The summed E-state index contributed by atoms with van der Waals surface area (Å²) in [5.74, 6) is -5.12. The van der Waals surface area contributed by atoms with E-state index in [2.05, 4.69) is 15.9 Å². The van der Waals surface area contributed by atoms with E-state index in [0.29, 0.717) is 5.56 Å². The number of fused-ring (bicyclic) bond motifs is 5. The van der Waals surface area contributed by atoms with Crippen LogP contribution in [0, 0.1) is 11.8 Å². The summed E-state index contributed by atoms with van der Waals surface area (Å²) < 4.78 is -1.27. The zero-order chi connectivity index (χ0) is 26.4. The Balaban J connectivity index is 1.63. The fourth-order valence-corrected chi connectivity index (χ4v) is 8.40. The molecule has 2 aliphatic carbocycles. The molecule has 188 valence electrons. The van der Waals surface area contributed by atoms with Crippen molar-refractivity contribution in [2.24, 2.45) is 11.8 Å². The number of rotatable bonds is 4. The maximum Gasteiger partial charge on any atom is 0.274 e. The van der Waals surface area contributed by atoms with Crippen LogP contribution in [0.25, 0.3) is 0 Å². The van der Waals surface area contributed by atoms with E-state index in [9.17, 15) is 14.4 Å². The third-order valence-corrected chi connectivity index (χ3v) is 11.8. The van der Waals surface area contributed by atoms with Crippen LogP contribution in [0.2, 0.25) is 5.02 Å². The lowest BCUT2D eigenvalue weighted by Crippen LogP contribution is -2.55. The number of carbonyl (C=O) groups excluding carboxylic acids is 3. The molecule has 13 heteroatoms. The molecule has 5 nitrogen and oxygen atoms in total. The molecule has 2 fully saturated rings. The third kappa shape index (κ3) is 3.32. The van der Waals surface area contributed by atoms with Crippen LogP contribution in [0.5, 0.6) is 0 Å². The summed E-state index contributed by atoms with van der Waals surface area (Å²) in [6.07, 6.45) is 0. The molecule has 0 unspecified atom stereocenters. The molecular weight excluding hydrogens is 680 g/mol. The SMILES string of the molecule is O=C(c1ccccc1Cl)N(Cc1ccc(Br)cc1)N1C(=O)[C@@H]2[C@@H](C1=O)[C@@]1(Cl)C(Cl)=C(Cl)[C@@]2(Cl)C1(Cl)Cl. The molecule has 1 heterocycles. The number of hydrogen-bond acceptors (Lipinski definition) is 3. The van der Waals surface area contributed by atoms with E-state index in [1.165, 1.54) is 12.1 Å². The second kappa shape index (κ2) is 8.92. The third-order valence-electron chi connectivity index (χ3n) is 6.71. The largest absolute Gasteiger partial charge is 0.274 e. The van der Waals surface area contributed by atoms with E-state index in [1.807, 2.05) is 0 Å². The quantitative estimate of drug-likeness (QED) is 0.254. The second-order valence-corrected chi connectivity index (χ2v) is 13.1. The molecule has 0 N–H and O–H groups in total. The maximum atomic E-state index is 13.9. The summed E-state index contributed by atoms with van der Waals surface area (Å²) in [5, 5.41) is 1.43. The molecule has 2 aromatic carbocycles. The normalized spacial score (nSPS) is 30.3. The highest BCUT2D eigenvalue weighted by atomic mass is 79.9. The number of amides is 3. The number of benzene rings is 2. The van der Waals surface area contributed by atoms with E-state index in [-0.39, 0.29) is 27.2 Å². The van der Waals surface area contributed by atoms with Gasteiger partial charge in [0, 0.05) is 4.47 Å². The lowest BCUT2D eigenvalue weighted by atomic mass is 9.84. The van der Waals surface area contributed by atoms with Crippen LogP contribution < -0.4 is 0 Å². The lowest BCUT2D eigenvalue weighted by Gasteiger charge is -2.37. The molecule has 1 aliphatic heterocycles. The summed E-state index contributed by atoms with van der Waals surface area (Å²) in [5.41, 5.74) is 0.704. The molecule has 3 aliphatic rings. The molecule has 2 bridgehead atoms. The summed E-state index contributed by atoms with van der Waals surface area (Å²) >= 11 is 49.1. The molecule has 5 rings (SSSR count). The van der Waals surface area contributed by atoms with Gasteiger partial charge in [-0.2, -0.15) is 5.01 Å². The lowest BCUT2D eigenvalue weighted by molar-refractivity contribution is -0.156. The van der Waals surface area contributed by atoms with E-state index in [0.717, 1.165) is 14.5 Å². The van der Waals surface area contributed by atoms with Crippen LogP contribution in [-0.2, 0) is 16.1 Å². The highest BCUT2D eigenvalue weighted by Gasteiger charge is 2.88. The van der Waals surface area contributed by atoms with Crippen molar-refractivity contribution in [1.82, 2.24) is 10.0 Å². The van der Waals surface area contributed by atoms with Gasteiger partial charge in [-0.15, -0.1) is 23.2 Å². The zero-order valence-electron chi connectivity index (χ0n) is 17.6. The van der Waals surface area contributed by atoms with Crippen LogP contribution >= 0.6 is 97.1 Å². The van der Waals surface area contributed by atoms with Crippen LogP contribution in [0.15, 0.2) is 63.1 Å². The molecular formula is C23H12BrCl7N2O3. The minimum absolute atomic E-state index is 0.0799. The number of allylic oxidation sites excluding steroid dienone is 2. The molecule has 2 aromatic rings. The average molecular weight is 692 g/mol. The van der Waals surface area contributed by atoms with Crippen molar-refractivity contribution in [3.05, 3.63) is 79.2 Å². The van der Waals surface area contributed by atoms with Gasteiger partial charge in [-0.25, -0.2) is 5.01 Å². The molecule has 0 aromatic heterocycles. The van der Waals surface area contributed by atoms with Gasteiger partial charge < -0.3 is 0 Å². The number of hydrogen-bond donors (Lipinski definition) is 0. The summed E-state index contributed by atoms with van der Waals surface area (Å²) in [7, 11) is 0. The first-order valence-corrected chi connectivity index (χ1v) is 13.7. The van der Waals surface area contributed by atoms with Crippen LogP contribution in [0.4, 0.5) is 0 Å². The van der Waals surface area contributed by atoms with Gasteiger partial charge in [0.15, 0.2) is 4.33 Å². The zero-order valence-corrected chi connectivity index (χ0v) is 24.5. The summed E-state index contributed by atoms with van der Waals surface area (Å²) in [6.45, 7) is -0.152. The van der Waals surface area contributed by atoms with E-state index >= 15 is 0 Å². The molecule has 4 atom stereocenters. The van der Waals surface area contributed by atoms with Crippen molar-refractivity contribution in [2.45, 2.75) is 20.6 Å². The van der Waals surface area contributed by atoms with Crippen LogP contribution in [0.3, 0.4) is 0 Å². The Labute approximate surface area is 249 Å². The predicted octanol–water partition coefficient (Wildman–Crippen LogP) is 7.11. The second-order valence-electron chi connectivity index (χ2n) is 8.54. The number of nitrogens with zero attached hydrogens (tertiary/aromatic N) is 2.